The van der Waals surface area contributed by atoms with Crippen LogP contribution in [0.2, 0.25) is 0 Å². The average Bonchev–Trinajstić information content (AvgIpc) is 3.20. The number of fused-ring (bicyclic) bond motifs is 1. The lowest BCUT2D eigenvalue weighted by molar-refractivity contribution is -0.484. The van der Waals surface area contributed by atoms with Crippen LogP contribution in [-0.4, -0.2) is 33.8 Å². The number of pyridine rings is 1. The maximum Gasteiger partial charge on any atom is 0.214 e. The van der Waals surface area contributed by atoms with Gasteiger partial charge < -0.3 is 4.74 Å². The van der Waals surface area contributed by atoms with Gasteiger partial charge in [-0.05, 0) is 67.9 Å². The predicted octanol–water partition coefficient (Wildman–Crippen LogP) is 4.75. The van der Waals surface area contributed by atoms with E-state index in [0.29, 0.717) is 12.5 Å². The van der Waals surface area contributed by atoms with Gasteiger partial charge in [0.15, 0.2) is 0 Å². The molecule has 2 heterocycles. The Kier molecular flexibility index (Phi) is 5.90. The summed E-state index contributed by atoms with van der Waals surface area (Å²) < 4.78 is 8.01. The van der Waals surface area contributed by atoms with Crippen molar-refractivity contribution in [1.82, 2.24) is 9.61 Å². The molecule has 1 fully saturated rings. The molecule has 1 unspecified atom stereocenters. The summed E-state index contributed by atoms with van der Waals surface area (Å²) in [6.07, 6.45) is 6.09. The number of ether oxygens (including phenoxy) is 1. The van der Waals surface area contributed by atoms with Crippen LogP contribution >= 0.6 is 0 Å². The molecule has 1 atom stereocenters. The van der Waals surface area contributed by atoms with Gasteiger partial charge in [0.2, 0.25) is 6.54 Å². The van der Waals surface area contributed by atoms with Gasteiger partial charge in [-0.1, -0.05) is 30.3 Å². The minimum Gasteiger partial charge on any atom is -0.377 e. The third-order valence-corrected chi connectivity index (χ3v) is 5.93. The van der Waals surface area contributed by atoms with Crippen molar-refractivity contribution in [2.24, 2.45) is 0 Å². The molecule has 0 bridgehead atoms. The molecule has 0 amide bonds. The van der Waals surface area contributed by atoms with E-state index in [2.05, 4.69) is 35.4 Å². The molecule has 3 aromatic rings. The summed E-state index contributed by atoms with van der Waals surface area (Å²) in [7, 11) is 0. The third-order valence-electron chi connectivity index (χ3n) is 5.93. The largest absolute Gasteiger partial charge is 0.377 e. The number of rotatable bonds is 7. The molecule has 2 aromatic heterocycles. The highest BCUT2D eigenvalue weighted by molar-refractivity contribution is 5.49. The predicted molar refractivity (Wildman–Crippen MR) is 112 cm³/mol. The van der Waals surface area contributed by atoms with Crippen LogP contribution in [0.25, 0.3) is 5.52 Å². The fourth-order valence-electron chi connectivity index (χ4n) is 4.45. The minimum absolute atomic E-state index is 0.155. The molecule has 29 heavy (non-hydrogen) atoms. The summed E-state index contributed by atoms with van der Waals surface area (Å²) >= 11 is 0. The molecule has 1 aromatic carbocycles. The lowest BCUT2D eigenvalue weighted by Gasteiger charge is -2.29. The fourth-order valence-corrected chi connectivity index (χ4v) is 4.45. The van der Waals surface area contributed by atoms with Crippen LogP contribution in [0.1, 0.15) is 54.3 Å². The van der Waals surface area contributed by atoms with Crippen LogP contribution in [0.5, 0.6) is 0 Å². The molecule has 0 saturated heterocycles. The van der Waals surface area contributed by atoms with E-state index in [1.807, 2.05) is 25.1 Å². The Morgan fingerprint density at radius 2 is 1.93 bits per heavy atom. The zero-order valence-electron chi connectivity index (χ0n) is 16.7. The average molecular weight is 393 g/mol. The molecule has 6 heteroatoms. The van der Waals surface area contributed by atoms with Crippen molar-refractivity contribution >= 4 is 5.52 Å². The van der Waals surface area contributed by atoms with Gasteiger partial charge in [-0.2, -0.15) is 5.10 Å². The normalized spacial score (nSPS) is 20.6. The maximum absolute atomic E-state index is 11.3. The smallest absolute Gasteiger partial charge is 0.214 e. The quantitative estimate of drug-likeness (QED) is 0.429. The maximum atomic E-state index is 11.3. The molecule has 0 spiro atoms. The van der Waals surface area contributed by atoms with E-state index >= 15 is 0 Å². The van der Waals surface area contributed by atoms with Crippen molar-refractivity contribution in [3.63, 3.8) is 0 Å². The Morgan fingerprint density at radius 1 is 1.17 bits per heavy atom. The number of nitro groups is 1. The molecule has 1 saturated carbocycles. The lowest BCUT2D eigenvalue weighted by atomic mass is 9.83. The van der Waals surface area contributed by atoms with Crippen molar-refractivity contribution < 1.29 is 9.66 Å². The summed E-state index contributed by atoms with van der Waals surface area (Å²) in [6, 6.07) is 16.6. The lowest BCUT2D eigenvalue weighted by Crippen LogP contribution is -2.26. The van der Waals surface area contributed by atoms with Gasteiger partial charge in [0.1, 0.15) is 0 Å². The van der Waals surface area contributed by atoms with E-state index in [1.165, 1.54) is 5.56 Å². The van der Waals surface area contributed by atoms with Crippen molar-refractivity contribution in [1.29, 1.82) is 0 Å². The SMILES string of the molecule is Cc1cc(C(COC2CCC(c3ccccc3)CC2)C[N+](=O)[O-])n2nccc2c1. The highest BCUT2D eigenvalue weighted by atomic mass is 16.6. The third kappa shape index (κ3) is 4.65. The number of benzene rings is 1. The van der Waals surface area contributed by atoms with Crippen molar-refractivity contribution in [2.75, 3.05) is 13.2 Å². The first-order valence-corrected chi connectivity index (χ1v) is 10.3. The molecule has 0 radical (unpaired) electrons. The van der Waals surface area contributed by atoms with Gasteiger partial charge in [-0.15, -0.1) is 0 Å². The van der Waals surface area contributed by atoms with E-state index in [0.717, 1.165) is 42.5 Å². The van der Waals surface area contributed by atoms with Crippen molar-refractivity contribution in [3.05, 3.63) is 81.7 Å². The van der Waals surface area contributed by atoms with Gasteiger partial charge in [0, 0.05) is 11.1 Å². The topological polar surface area (TPSA) is 69.7 Å². The Balaban J connectivity index is 1.42. The molecule has 0 N–H and O–H groups in total. The summed E-state index contributed by atoms with van der Waals surface area (Å²) in [4.78, 5) is 11.1. The molecule has 0 aliphatic heterocycles. The summed E-state index contributed by atoms with van der Waals surface area (Å²) in [5, 5.41) is 15.7. The molecule has 4 rings (SSSR count). The van der Waals surface area contributed by atoms with Gasteiger partial charge in [0.25, 0.3) is 0 Å². The second-order valence-electron chi connectivity index (χ2n) is 8.06. The Hall–Kier alpha value is -2.73. The zero-order valence-corrected chi connectivity index (χ0v) is 16.7. The number of nitrogens with zero attached hydrogens (tertiary/aromatic N) is 3. The Labute approximate surface area is 170 Å². The van der Waals surface area contributed by atoms with Gasteiger partial charge in [0.05, 0.1) is 29.8 Å². The summed E-state index contributed by atoms with van der Waals surface area (Å²) in [5.74, 6) is 0.269. The fraction of sp³-hybridized carbons (Fsp3) is 0.435. The zero-order chi connectivity index (χ0) is 20.2. The molecule has 1 aliphatic carbocycles. The molecule has 1 aliphatic rings. The first kappa shape index (κ1) is 19.6. The van der Waals surface area contributed by atoms with E-state index in [-0.39, 0.29) is 23.5 Å². The molecule has 6 nitrogen and oxygen atoms in total. The van der Waals surface area contributed by atoms with Crippen molar-refractivity contribution in [2.45, 2.75) is 50.5 Å². The highest BCUT2D eigenvalue weighted by Gasteiger charge is 2.27. The van der Waals surface area contributed by atoms with Gasteiger partial charge in [-0.25, -0.2) is 4.52 Å². The van der Waals surface area contributed by atoms with Crippen LogP contribution in [-0.2, 0) is 4.74 Å². The van der Waals surface area contributed by atoms with Crippen LogP contribution < -0.4 is 0 Å². The Morgan fingerprint density at radius 3 is 2.66 bits per heavy atom. The van der Waals surface area contributed by atoms with Crippen LogP contribution in [0, 0.1) is 17.0 Å². The van der Waals surface area contributed by atoms with Gasteiger partial charge in [-0.3, -0.25) is 10.1 Å². The monoisotopic (exact) mass is 393 g/mol. The second kappa shape index (κ2) is 8.74. The van der Waals surface area contributed by atoms with Crippen LogP contribution in [0.15, 0.2) is 54.7 Å². The highest BCUT2D eigenvalue weighted by Crippen LogP contribution is 2.34. The van der Waals surface area contributed by atoms with E-state index < -0.39 is 0 Å². The number of hydrogen-bond acceptors (Lipinski definition) is 4. The number of hydrogen-bond donors (Lipinski definition) is 0. The summed E-state index contributed by atoms with van der Waals surface area (Å²) in [5.41, 5.74) is 4.28. The van der Waals surface area contributed by atoms with Crippen LogP contribution in [0.3, 0.4) is 0 Å². The minimum atomic E-state index is -0.320. The van der Waals surface area contributed by atoms with E-state index in [9.17, 15) is 10.1 Å². The first-order valence-electron chi connectivity index (χ1n) is 10.3. The van der Waals surface area contributed by atoms with E-state index in [1.54, 1.807) is 10.7 Å². The number of aryl methyl sites for hydroxylation is 1. The second-order valence-corrected chi connectivity index (χ2v) is 8.06. The van der Waals surface area contributed by atoms with Crippen LogP contribution in [0.4, 0.5) is 0 Å². The standard InChI is InChI=1S/C23H27N3O3/c1-17-13-21-11-12-24-26(21)23(14-17)20(15-25(27)28)16-29-22-9-7-19(8-10-22)18-5-3-2-4-6-18/h2-6,11-14,19-20,22H,7-10,15-16H2,1H3. The molecule has 152 valence electrons. The number of aromatic nitrogens is 2. The first-order chi connectivity index (χ1) is 14.1. The Bertz CT molecular complexity index is 962. The van der Waals surface area contributed by atoms with Gasteiger partial charge >= 0.3 is 0 Å². The molecular formula is C23H27N3O3. The van der Waals surface area contributed by atoms with E-state index in [4.69, 9.17) is 4.74 Å². The summed E-state index contributed by atoms with van der Waals surface area (Å²) in [6.45, 7) is 2.20. The molecular weight excluding hydrogens is 366 g/mol. The van der Waals surface area contributed by atoms with Crippen molar-refractivity contribution in [3.8, 4) is 0 Å².